The van der Waals surface area contributed by atoms with Crippen molar-refractivity contribution in [1.29, 1.82) is 0 Å². The predicted molar refractivity (Wildman–Crippen MR) is 104 cm³/mol. The summed E-state index contributed by atoms with van der Waals surface area (Å²) in [5, 5.41) is 9.16. The first-order chi connectivity index (χ1) is 12.1. The van der Waals surface area contributed by atoms with Crippen molar-refractivity contribution in [2.45, 2.75) is 6.92 Å². The van der Waals surface area contributed by atoms with Crippen molar-refractivity contribution in [3.63, 3.8) is 0 Å². The predicted octanol–water partition coefficient (Wildman–Crippen LogP) is 1.19. The summed E-state index contributed by atoms with van der Waals surface area (Å²) in [6.45, 7) is 7.32. The lowest BCUT2D eigenvalue weighted by molar-refractivity contribution is -0.115. The second-order valence-corrected chi connectivity index (χ2v) is 6.73. The van der Waals surface area contributed by atoms with Crippen LogP contribution in [0, 0.1) is 6.92 Å². The van der Waals surface area contributed by atoms with Crippen molar-refractivity contribution in [1.82, 2.24) is 15.5 Å². The third-order valence-corrected chi connectivity index (χ3v) is 4.43. The van der Waals surface area contributed by atoms with E-state index < -0.39 is 0 Å². The SMILES string of the molecule is CN=C(NCCN1CCOCC1)NCC(=O)Nc1cc(Br)ccc1C. The second kappa shape index (κ2) is 10.4. The maximum absolute atomic E-state index is 12.1. The molecule has 0 saturated carbocycles. The van der Waals surface area contributed by atoms with Gasteiger partial charge in [0.25, 0.3) is 0 Å². The number of morpholine rings is 1. The molecule has 0 atom stereocenters. The molecule has 1 amide bonds. The summed E-state index contributed by atoms with van der Waals surface area (Å²) >= 11 is 3.41. The summed E-state index contributed by atoms with van der Waals surface area (Å²) in [7, 11) is 1.69. The Morgan fingerprint density at radius 3 is 2.80 bits per heavy atom. The molecule has 1 aliphatic rings. The maximum atomic E-state index is 12.1. The van der Waals surface area contributed by atoms with Gasteiger partial charge in [0.05, 0.1) is 19.8 Å². The minimum absolute atomic E-state index is 0.114. The number of guanidine groups is 1. The van der Waals surface area contributed by atoms with E-state index in [9.17, 15) is 4.79 Å². The van der Waals surface area contributed by atoms with Crippen molar-refractivity contribution < 1.29 is 9.53 Å². The van der Waals surface area contributed by atoms with Gasteiger partial charge in [-0.2, -0.15) is 0 Å². The van der Waals surface area contributed by atoms with E-state index in [1.165, 1.54) is 0 Å². The van der Waals surface area contributed by atoms with Crippen molar-refractivity contribution in [3.8, 4) is 0 Å². The molecule has 0 aromatic heterocycles. The summed E-state index contributed by atoms with van der Waals surface area (Å²) in [5.74, 6) is 0.506. The lowest BCUT2D eigenvalue weighted by atomic mass is 10.2. The third-order valence-electron chi connectivity index (χ3n) is 3.94. The van der Waals surface area contributed by atoms with Gasteiger partial charge in [-0.3, -0.25) is 14.7 Å². The Morgan fingerprint density at radius 2 is 2.08 bits per heavy atom. The molecule has 1 fully saturated rings. The van der Waals surface area contributed by atoms with Gasteiger partial charge < -0.3 is 20.7 Å². The molecule has 3 N–H and O–H groups in total. The molecule has 0 spiro atoms. The number of aliphatic imine (C=N–C) groups is 1. The Morgan fingerprint density at radius 1 is 1.32 bits per heavy atom. The van der Waals surface area contributed by atoms with Crippen LogP contribution < -0.4 is 16.0 Å². The molecule has 138 valence electrons. The standard InChI is InChI=1S/C17H26BrN5O2/c1-13-3-4-14(18)11-15(13)22-16(24)12-21-17(19-2)20-5-6-23-7-9-25-10-8-23/h3-4,11H,5-10,12H2,1-2H3,(H,22,24)(H2,19,20,21). The number of nitrogens with one attached hydrogen (secondary N) is 3. The molecule has 0 radical (unpaired) electrons. The van der Waals surface area contributed by atoms with Crippen molar-refractivity contribution >= 4 is 33.5 Å². The van der Waals surface area contributed by atoms with E-state index in [0.717, 1.165) is 55.1 Å². The van der Waals surface area contributed by atoms with E-state index in [4.69, 9.17) is 4.74 Å². The largest absolute Gasteiger partial charge is 0.379 e. The monoisotopic (exact) mass is 411 g/mol. The second-order valence-electron chi connectivity index (χ2n) is 5.81. The molecule has 2 rings (SSSR count). The van der Waals surface area contributed by atoms with Crippen molar-refractivity contribution in [2.24, 2.45) is 4.99 Å². The topological polar surface area (TPSA) is 78.0 Å². The van der Waals surface area contributed by atoms with E-state index in [0.29, 0.717) is 5.96 Å². The molecule has 1 aromatic carbocycles. The molecule has 7 nitrogen and oxygen atoms in total. The van der Waals surface area contributed by atoms with Gasteiger partial charge in [-0.1, -0.05) is 22.0 Å². The number of rotatable bonds is 6. The Bertz CT molecular complexity index is 603. The summed E-state index contributed by atoms with van der Waals surface area (Å²) in [5.41, 5.74) is 1.82. The lowest BCUT2D eigenvalue weighted by Gasteiger charge is -2.26. The zero-order valence-corrected chi connectivity index (χ0v) is 16.4. The number of ether oxygens (including phenoxy) is 1. The number of benzene rings is 1. The van der Waals surface area contributed by atoms with Crippen molar-refractivity contribution in [3.05, 3.63) is 28.2 Å². The first-order valence-electron chi connectivity index (χ1n) is 8.39. The molecule has 0 bridgehead atoms. The van der Waals surface area contributed by atoms with Gasteiger partial charge in [0.15, 0.2) is 5.96 Å². The number of carbonyl (C=O) groups is 1. The Balaban J connectivity index is 1.70. The van der Waals surface area contributed by atoms with Gasteiger partial charge in [-0.05, 0) is 24.6 Å². The molecule has 8 heteroatoms. The number of amides is 1. The average Bonchev–Trinajstić information content (AvgIpc) is 2.62. The highest BCUT2D eigenvalue weighted by Gasteiger charge is 2.10. The van der Waals surface area contributed by atoms with Crippen LogP contribution in [0.25, 0.3) is 0 Å². The van der Waals surface area contributed by atoms with Crippen LogP contribution in [0.4, 0.5) is 5.69 Å². The Kier molecular flexibility index (Phi) is 8.17. The van der Waals surface area contributed by atoms with Crippen LogP contribution in [0.1, 0.15) is 5.56 Å². The number of aryl methyl sites for hydroxylation is 1. The fraction of sp³-hybridized carbons (Fsp3) is 0.529. The highest BCUT2D eigenvalue weighted by atomic mass is 79.9. The zero-order chi connectivity index (χ0) is 18.1. The van der Waals surface area contributed by atoms with Gasteiger partial charge >= 0.3 is 0 Å². The van der Waals surface area contributed by atoms with Crippen LogP contribution in [-0.4, -0.2) is 69.8 Å². The van der Waals surface area contributed by atoms with Crippen LogP contribution in [0.5, 0.6) is 0 Å². The fourth-order valence-corrected chi connectivity index (χ4v) is 2.83. The van der Waals surface area contributed by atoms with Crippen molar-refractivity contribution in [2.75, 3.05) is 58.3 Å². The molecule has 25 heavy (non-hydrogen) atoms. The van der Waals surface area contributed by atoms with Crippen LogP contribution in [0.2, 0.25) is 0 Å². The molecular weight excluding hydrogens is 386 g/mol. The minimum atomic E-state index is -0.114. The molecule has 0 aliphatic carbocycles. The Labute approximate surface area is 157 Å². The first-order valence-corrected chi connectivity index (χ1v) is 9.18. The summed E-state index contributed by atoms with van der Waals surface area (Å²) in [6, 6.07) is 5.80. The van der Waals surface area contributed by atoms with Gasteiger partial charge in [0.1, 0.15) is 0 Å². The molecule has 1 heterocycles. The molecular formula is C17H26BrN5O2. The summed E-state index contributed by atoms with van der Waals surface area (Å²) < 4.78 is 6.26. The molecule has 0 unspecified atom stereocenters. The van der Waals surface area contributed by atoms with E-state index in [2.05, 4.69) is 41.8 Å². The average molecular weight is 412 g/mol. The summed E-state index contributed by atoms with van der Waals surface area (Å²) in [4.78, 5) is 18.6. The first kappa shape index (κ1) is 19.7. The van der Waals surface area contributed by atoms with Crippen LogP contribution in [0.15, 0.2) is 27.7 Å². The molecule has 1 aromatic rings. The quantitative estimate of drug-likeness (QED) is 0.484. The van der Waals surface area contributed by atoms with Gasteiger partial charge in [0, 0.05) is 43.4 Å². The van der Waals surface area contributed by atoms with E-state index in [-0.39, 0.29) is 12.5 Å². The molecule has 1 aliphatic heterocycles. The molecule has 1 saturated heterocycles. The number of hydrogen-bond donors (Lipinski definition) is 3. The van der Waals surface area contributed by atoms with Crippen LogP contribution >= 0.6 is 15.9 Å². The fourth-order valence-electron chi connectivity index (χ4n) is 2.47. The number of nitrogens with zero attached hydrogens (tertiary/aromatic N) is 2. The highest BCUT2D eigenvalue weighted by Crippen LogP contribution is 2.20. The van der Waals surface area contributed by atoms with E-state index in [1.54, 1.807) is 7.05 Å². The lowest BCUT2D eigenvalue weighted by Crippen LogP contribution is -2.45. The third kappa shape index (κ3) is 7.01. The Hall–Kier alpha value is -1.64. The number of hydrogen-bond acceptors (Lipinski definition) is 4. The smallest absolute Gasteiger partial charge is 0.243 e. The minimum Gasteiger partial charge on any atom is -0.379 e. The van der Waals surface area contributed by atoms with Gasteiger partial charge in [0.2, 0.25) is 5.91 Å². The van der Waals surface area contributed by atoms with Gasteiger partial charge in [-0.25, -0.2) is 0 Å². The summed E-state index contributed by atoms with van der Waals surface area (Å²) in [6.07, 6.45) is 0. The number of anilines is 1. The number of carbonyl (C=O) groups excluding carboxylic acids is 1. The van der Waals surface area contributed by atoms with Crippen LogP contribution in [0.3, 0.4) is 0 Å². The van der Waals surface area contributed by atoms with E-state index in [1.807, 2.05) is 25.1 Å². The normalized spacial score (nSPS) is 15.7. The van der Waals surface area contributed by atoms with E-state index >= 15 is 0 Å². The zero-order valence-electron chi connectivity index (χ0n) is 14.8. The maximum Gasteiger partial charge on any atom is 0.243 e. The van der Waals surface area contributed by atoms with Gasteiger partial charge in [-0.15, -0.1) is 0 Å². The highest BCUT2D eigenvalue weighted by molar-refractivity contribution is 9.10. The number of halogens is 1. The van der Waals surface area contributed by atoms with Crippen LogP contribution in [-0.2, 0) is 9.53 Å².